The molecule has 0 amide bonds. The maximum Gasteiger partial charge on any atom is 0.311 e. The molecule has 1 saturated carbocycles. The van der Waals surface area contributed by atoms with Gasteiger partial charge in [0.15, 0.2) is 12.6 Å². The first-order valence-corrected chi connectivity index (χ1v) is 26.5. The zero-order valence-corrected chi connectivity index (χ0v) is 46.6. The number of cyclic esters (lactones) is 1. The van der Waals surface area contributed by atoms with Crippen molar-refractivity contribution in [2.75, 3.05) is 20.8 Å². The lowest BCUT2D eigenvalue weighted by atomic mass is 9.73. The van der Waals surface area contributed by atoms with E-state index in [1.165, 1.54) is 14.0 Å². The summed E-state index contributed by atoms with van der Waals surface area (Å²) in [6, 6.07) is -0.151. The maximum absolute atomic E-state index is 14.6. The zero-order chi connectivity index (χ0) is 52.6. The summed E-state index contributed by atoms with van der Waals surface area (Å²) in [6.07, 6.45) is -5.54. The molecule has 15 nitrogen and oxygen atoms in total. The quantitative estimate of drug-likeness (QED) is 0.0575. The summed E-state index contributed by atoms with van der Waals surface area (Å²) in [7, 11) is 3.60. The van der Waals surface area contributed by atoms with E-state index >= 15 is 0 Å². The van der Waals surface area contributed by atoms with Crippen LogP contribution >= 0.6 is 0 Å². The van der Waals surface area contributed by atoms with Gasteiger partial charge in [-0.05, 0) is 109 Å². The van der Waals surface area contributed by atoms with Gasteiger partial charge in [0.05, 0.1) is 53.4 Å². The highest BCUT2D eigenvalue weighted by Gasteiger charge is 2.70. The van der Waals surface area contributed by atoms with Crippen LogP contribution < -0.4 is 0 Å². The fourth-order valence-corrected chi connectivity index (χ4v) is 13.1. The molecule has 0 bridgehead atoms. The number of hydrogen-bond acceptors (Lipinski definition) is 15. The Bertz CT molecular complexity index is 1690. The van der Waals surface area contributed by atoms with Gasteiger partial charge in [-0.25, -0.2) is 0 Å². The lowest BCUT2D eigenvalue weighted by Gasteiger charge is -2.49. The monoisotopic (exact) mass is 985 g/mol. The molecule has 404 valence electrons. The van der Waals surface area contributed by atoms with Crippen LogP contribution in [0.5, 0.6) is 0 Å². The number of oxime groups is 1. The average molecular weight is 985 g/mol. The Labute approximate surface area is 417 Å². The van der Waals surface area contributed by atoms with Crippen LogP contribution in [0.4, 0.5) is 0 Å². The predicted octanol–water partition coefficient (Wildman–Crippen LogP) is 7.64. The SMILES string of the molecule is CCCC(C)(C)CCO/N=C1/[C@H](C)C[C@@](C)(O)[C@H](OC2OC(C)CC(N(C)C3C(C)(C)C3(C)CC(C)C)C2O)[C@@H](C)[C@H](OC2CC(C)(OC)C(O)C(C)O2)[C@@H](C)C(=O)O[C@H](CC)[C@@](C)(O)[C@H](O)[C@H]1C. The number of rotatable bonds is 16. The van der Waals surface area contributed by atoms with E-state index in [1.54, 1.807) is 41.5 Å². The highest BCUT2D eigenvalue weighted by molar-refractivity contribution is 5.88. The number of esters is 1. The molecular formula is C54H100N2O13. The summed E-state index contributed by atoms with van der Waals surface area (Å²) >= 11 is 0. The van der Waals surface area contributed by atoms with E-state index in [1.807, 2.05) is 20.8 Å². The second-order valence-corrected chi connectivity index (χ2v) is 24.9. The van der Waals surface area contributed by atoms with Gasteiger partial charge in [-0.15, -0.1) is 0 Å². The van der Waals surface area contributed by atoms with Crippen LogP contribution in [0, 0.1) is 45.8 Å². The molecule has 3 heterocycles. The van der Waals surface area contributed by atoms with E-state index < -0.39 is 102 Å². The Morgan fingerprint density at radius 3 is 2.07 bits per heavy atom. The third kappa shape index (κ3) is 13.1. The van der Waals surface area contributed by atoms with Crippen molar-refractivity contribution in [1.29, 1.82) is 0 Å². The number of aliphatic hydroxyl groups is 5. The molecule has 10 unspecified atom stereocenters. The Kier molecular flexibility index (Phi) is 20.0. The van der Waals surface area contributed by atoms with Crippen LogP contribution in [-0.4, -0.2) is 153 Å². The molecule has 3 saturated heterocycles. The van der Waals surface area contributed by atoms with Gasteiger partial charge in [0, 0.05) is 43.4 Å². The lowest BCUT2D eigenvalue weighted by molar-refractivity contribution is -0.318. The second-order valence-electron chi connectivity index (χ2n) is 24.9. The number of ether oxygens (including phenoxy) is 6. The molecule has 4 rings (SSSR count). The highest BCUT2D eigenvalue weighted by atomic mass is 16.7. The summed E-state index contributed by atoms with van der Waals surface area (Å²) in [5.41, 5.74) is -4.31. The smallest absolute Gasteiger partial charge is 0.311 e. The molecule has 0 aromatic heterocycles. The first-order chi connectivity index (χ1) is 31.7. The predicted molar refractivity (Wildman–Crippen MR) is 267 cm³/mol. The van der Waals surface area contributed by atoms with E-state index in [-0.39, 0.29) is 53.7 Å². The summed E-state index contributed by atoms with van der Waals surface area (Å²) in [5.74, 6) is -3.50. The minimum Gasteiger partial charge on any atom is -0.459 e. The Balaban J connectivity index is 1.87. The van der Waals surface area contributed by atoms with Crippen molar-refractivity contribution >= 4 is 11.7 Å². The standard InChI is InChI=1S/C54H100N2O13/c1-21-23-49(11,12)24-25-64-55-40-31(5)28-52(16,61)45(69-47-41(57)37(26-32(6)65-47)56(19)48-50(13,14)51(48,15)27-30(3)4)34(8)42(68-39-29-53(17,63-20)44(59)36(10)66-39)35(9)46(60)67-38(22-2)54(18,62)43(58)33(40)7/h30-39,41-45,47-48,57-59,61-62H,21-29H2,1-20H3/b55-40-/t31-,32?,33+,34+,35-,36?,37?,38-,39?,41?,42+,43-,44?,45-,47?,48?,51?,52-,53?,54-/m1/s1. The third-order valence-electron chi connectivity index (χ3n) is 17.6. The third-order valence-corrected chi connectivity index (χ3v) is 17.6. The molecule has 5 N–H and O–H groups in total. The van der Waals surface area contributed by atoms with Crippen molar-refractivity contribution in [3.63, 3.8) is 0 Å². The number of carbonyl (C=O) groups excluding carboxylic acids is 1. The molecular weight excluding hydrogens is 885 g/mol. The molecule has 0 aromatic carbocycles. The van der Waals surface area contributed by atoms with E-state index in [0.717, 1.165) is 25.7 Å². The maximum atomic E-state index is 14.6. The number of likely N-dealkylation sites (N-methyl/N-ethyl adjacent to an activating group) is 1. The Hall–Kier alpha value is -1.50. The van der Waals surface area contributed by atoms with Crippen molar-refractivity contribution in [2.24, 2.45) is 51.0 Å². The van der Waals surface area contributed by atoms with Crippen molar-refractivity contribution < 1.29 is 63.6 Å². The van der Waals surface area contributed by atoms with E-state index in [9.17, 15) is 30.3 Å². The second kappa shape index (κ2) is 22.9. The van der Waals surface area contributed by atoms with Gasteiger partial charge >= 0.3 is 5.97 Å². The molecule has 4 aliphatic rings. The zero-order valence-electron chi connectivity index (χ0n) is 46.6. The van der Waals surface area contributed by atoms with Crippen molar-refractivity contribution in [2.45, 2.75) is 266 Å². The molecule has 69 heavy (non-hydrogen) atoms. The first-order valence-electron chi connectivity index (χ1n) is 26.5. The largest absolute Gasteiger partial charge is 0.459 e. The molecule has 15 heteroatoms. The number of nitrogens with zero attached hydrogens (tertiary/aromatic N) is 2. The topological polar surface area (TPSA) is 198 Å². The van der Waals surface area contributed by atoms with Gasteiger partial charge in [-0.3, -0.25) is 9.69 Å². The van der Waals surface area contributed by atoms with Gasteiger partial charge in [0.1, 0.15) is 30.5 Å². The van der Waals surface area contributed by atoms with Crippen molar-refractivity contribution in [3.8, 4) is 0 Å². The molecule has 3 aliphatic heterocycles. The molecule has 4 fully saturated rings. The van der Waals surface area contributed by atoms with Gasteiger partial charge in [0.25, 0.3) is 0 Å². The number of carbonyl (C=O) groups is 1. The van der Waals surface area contributed by atoms with Crippen LogP contribution in [0.2, 0.25) is 0 Å². The van der Waals surface area contributed by atoms with Crippen LogP contribution in [0.15, 0.2) is 5.16 Å². The summed E-state index contributed by atoms with van der Waals surface area (Å²) in [5, 5.41) is 65.8. The van der Waals surface area contributed by atoms with Crippen molar-refractivity contribution in [3.05, 3.63) is 0 Å². The molecule has 0 radical (unpaired) electrons. The lowest BCUT2D eigenvalue weighted by Crippen LogP contribution is -2.61. The average Bonchev–Trinajstić information content (AvgIpc) is 3.69. The molecule has 0 aromatic rings. The van der Waals surface area contributed by atoms with Crippen molar-refractivity contribution in [1.82, 2.24) is 4.90 Å². The van der Waals surface area contributed by atoms with Crippen LogP contribution in [0.3, 0.4) is 0 Å². The minimum absolute atomic E-state index is 0.00431. The Morgan fingerprint density at radius 1 is 0.884 bits per heavy atom. The van der Waals surface area contributed by atoms with Crippen LogP contribution in [0.25, 0.3) is 0 Å². The summed E-state index contributed by atoms with van der Waals surface area (Å²) in [4.78, 5) is 23.0. The normalized spacial score (nSPS) is 45.6. The molecule has 20 atom stereocenters. The van der Waals surface area contributed by atoms with E-state index in [0.29, 0.717) is 24.7 Å². The van der Waals surface area contributed by atoms with Gasteiger partial charge in [-0.1, -0.05) is 94.7 Å². The van der Waals surface area contributed by atoms with Gasteiger partial charge in [-0.2, -0.15) is 0 Å². The minimum atomic E-state index is -1.94. The summed E-state index contributed by atoms with van der Waals surface area (Å²) in [6.45, 7) is 35.8. The summed E-state index contributed by atoms with van der Waals surface area (Å²) < 4.78 is 38.8. The van der Waals surface area contributed by atoms with Crippen LogP contribution in [0.1, 0.15) is 176 Å². The number of hydrogen-bond donors (Lipinski definition) is 5. The Morgan fingerprint density at radius 2 is 1.51 bits per heavy atom. The van der Waals surface area contributed by atoms with E-state index in [2.05, 4.69) is 72.5 Å². The number of aliphatic hydroxyl groups excluding tert-OH is 3. The molecule has 0 spiro atoms. The van der Waals surface area contributed by atoms with Crippen LogP contribution in [-0.2, 0) is 38.1 Å². The molecule has 1 aliphatic carbocycles. The fourth-order valence-electron chi connectivity index (χ4n) is 13.1. The fraction of sp³-hybridized carbons (Fsp3) is 0.963. The van der Waals surface area contributed by atoms with Gasteiger partial charge < -0.3 is 58.8 Å². The first kappa shape index (κ1) is 60.1. The van der Waals surface area contributed by atoms with Gasteiger partial charge in [0.2, 0.25) is 0 Å². The van der Waals surface area contributed by atoms with E-state index in [4.69, 9.17) is 33.3 Å². The highest BCUT2D eigenvalue weighted by Crippen LogP contribution is 2.68. The number of methoxy groups -OCH3 is 1.